The van der Waals surface area contributed by atoms with Crippen LogP contribution in [0.1, 0.15) is 51.4 Å². The number of benzene rings is 3. The number of carbonyl (C=O) groups is 4. The molecule has 2 aliphatic rings. The monoisotopic (exact) mass is 735 g/mol. The Kier molecular flexibility index (Phi) is 10.1. The van der Waals surface area contributed by atoms with Crippen molar-refractivity contribution in [2.75, 3.05) is 33.6 Å². The van der Waals surface area contributed by atoms with Crippen LogP contribution < -0.4 is 24.8 Å². The second-order valence-corrected chi connectivity index (χ2v) is 14.2. The van der Waals surface area contributed by atoms with Crippen molar-refractivity contribution in [3.05, 3.63) is 87.1 Å². The number of aliphatic hydroxyl groups excluding tert-OH is 1. The Morgan fingerprint density at radius 3 is 2.48 bits per heavy atom. The SMILES string of the molecule is COc1cc(OC)c2c(c1Cl)O[C@]1(C2=O)C(O)=C(C(CC(=O)NCCNC(=O)c2nc3ccccc3s2)c2ccc(SC)cc2)C(=O)C[C@H]1C. The normalized spacial score (nSPS) is 18.9. The summed E-state index contributed by atoms with van der Waals surface area (Å²) in [5.41, 5.74) is -0.747. The molecule has 14 heteroatoms. The lowest BCUT2D eigenvalue weighted by atomic mass is 9.69. The van der Waals surface area contributed by atoms with Crippen molar-refractivity contribution < 1.29 is 38.5 Å². The predicted molar refractivity (Wildman–Crippen MR) is 191 cm³/mol. The molecule has 6 rings (SSSR count). The van der Waals surface area contributed by atoms with Gasteiger partial charge in [-0.2, -0.15) is 0 Å². The number of halogens is 1. The zero-order chi connectivity index (χ0) is 35.7. The number of aromatic nitrogens is 1. The summed E-state index contributed by atoms with van der Waals surface area (Å²) >= 11 is 9.40. The minimum Gasteiger partial charge on any atom is -0.507 e. The molecule has 11 nitrogen and oxygen atoms in total. The molecule has 0 bridgehead atoms. The number of allylic oxidation sites excluding steroid dienone is 1. The summed E-state index contributed by atoms with van der Waals surface area (Å²) in [6.07, 6.45) is 1.54. The number of ether oxygens (including phenoxy) is 3. The fourth-order valence-corrected chi connectivity index (χ4v) is 8.00. The fraction of sp³-hybridized carbons (Fsp3) is 0.306. The van der Waals surface area contributed by atoms with Crippen LogP contribution in [0.25, 0.3) is 10.2 Å². The summed E-state index contributed by atoms with van der Waals surface area (Å²) in [5, 5.41) is 18.0. The van der Waals surface area contributed by atoms with Crippen LogP contribution in [0.3, 0.4) is 0 Å². The Bertz CT molecular complexity index is 2010. The Labute approximate surface area is 301 Å². The van der Waals surface area contributed by atoms with E-state index in [4.69, 9.17) is 25.8 Å². The standard InChI is InChI=1S/C36H34ClN3O8S2/c1-18-15-23(41)28(32(43)36(18)33(44)29-24(46-2)17-25(47-3)30(37)31(29)48-36)21(19-9-11-20(49-4)12-10-19)16-27(42)38-13-14-39-34(45)35-40-22-7-5-6-8-26(22)50-35/h5-12,17-18,21,43H,13-16H2,1-4H3,(H,38,42)(H,39,45)/t18-,21?,36+/m1/s1. The summed E-state index contributed by atoms with van der Waals surface area (Å²) in [7, 11) is 2.79. The number of fused-ring (bicyclic) bond motifs is 2. The third-order valence-electron chi connectivity index (χ3n) is 8.99. The van der Waals surface area contributed by atoms with Gasteiger partial charge in [-0.15, -0.1) is 23.1 Å². The first-order valence-corrected chi connectivity index (χ1v) is 18.1. The van der Waals surface area contributed by atoms with Crippen LogP contribution in [0.2, 0.25) is 5.02 Å². The first-order valence-electron chi connectivity index (χ1n) is 15.7. The summed E-state index contributed by atoms with van der Waals surface area (Å²) in [6, 6.07) is 16.2. The quantitative estimate of drug-likeness (QED) is 0.121. The van der Waals surface area contributed by atoms with E-state index in [0.717, 1.165) is 15.1 Å². The van der Waals surface area contributed by atoms with Gasteiger partial charge in [0, 0.05) is 54.3 Å². The molecular weight excluding hydrogens is 702 g/mol. The summed E-state index contributed by atoms with van der Waals surface area (Å²) in [6.45, 7) is 1.88. The molecule has 0 saturated carbocycles. The predicted octanol–water partition coefficient (Wildman–Crippen LogP) is 6.14. The number of hydrogen-bond donors (Lipinski definition) is 3. The highest BCUT2D eigenvalue weighted by Crippen LogP contribution is 2.55. The molecule has 3 N–H and O–H groups in total. The maximum absolute atomic E-state index is 14.3. The number of Topliss-reactive ketones (excluding diaryl/α,β-unsaturated/α-hetero) is 2. The molecule has 260 valence electrons. The van der Waals surface area contributed by atoms with Crippen LogP contribution in [-0.4, -0.2) is 72.6 Å². The number of amides is 2. The Morgan fingerprint density at radius 2 is 1.80 bits per heavy atom. The number of nitrogens with zero attached hydrogens (tertiary/aromatic N) is 1. The molecule has 0 fully saturated rings. The zero-order valence-corrected chi connectivity index (χ0v) is 30.0. The Morgan fingerprint density at radius 1 is 1.10 bits per heavy atom. The van der Waals surface area contributed by atoms with Crippen molar-refractivity contribution in [2.45, 2.75) is 36.2 Å². The lowest BCUT2D eigenvalue weighted by Crippen LogP contribution is -2.53. The van der Waals surface area contributed by atoms with Crippen LogP contribution >= 0.6 is 34.7 Å². The van der Waals surface area contributed by atoms with E-state index in [1.54, 1.807) is 19.1 Å². The summed E-state index contributed by atoms with van der Waals surface area (Å²) in [4.78, 5) is 59.6. The van der Waals surface area contributed by atoms with Gasteiger partial charge < -0.3 is 30.0 Å². The molecule has 1 spiro atoms. The van der Waals surface area contributed by atoms with Gasteiger partial charge in [0.1, 0.15) is 22.1 Å². The number of aliphatic hydroxyl groups is 1. The largest absolute Gasteiger partial charge is 0.507 e. The van der Waals surface area contributed by atoms with Gasteiger partial charge in [0.25, 0.3) is 5.91 Å². The fourth-order valence-electron chi connectivity index (χ4n) is 6.44. The molecule has 0 saturated heterocycles. The maximum Gasteiger partial charge on any atom is 0.280 e. The molecule has 1 unspecified atom stereocenters. The van der Waals surface area contributed by atoms with E-state index in [1.807, 2.05) is 42.7 Å². The van der Waals surface area contributed by atoms with E-state index < -0.39 is 40.7 Å². The number of ketones is 2. The first kappa shape index (κ1) is 35.2. The average Bonchev–Trinajstić information content (AvgIpc) is 3.69. The number of methoxy groups -OCH3 is 2. The number of thiazole rings is 1. The molecule has 2 heterocycles. The highest BCUT2D eigenvalue weighted by molar-refractivity contribution is 7.98. The van der Waals surface area contributed by atoms with Crippen molar-refractivity contribution >= 4 is 68.3 Å². The molecule has 2 amide bonds. The van der Waals surface area contributed by atoms with Crippen LogP contribution in [0.15, 0.2) is 70.8 Å². The van der Waals surface area contributed by atoms with Crippen molar-refractivity contribution in [3.63, 3.8) is 0 Å². The molecule has 50 heavy (non-hydrogen) atoms. The highest BCUT2D eigenvalue weighted by Gasteiger charge is 2.61. The van der Waals surface area contributed by atoms with Gasteiger partial charge in [-0.1, -0.05) is 42.8 Å². The summed E-state index contributed by atoms with van der Waals surface area (Å²) < 4.78 is 18.0. The van der Waals surface area contributed by atoms with Gasteiger partial charge >= 0.3 is 0 Å². The number of thioether (sulfide) groups is 1. The van der Waals surface area contributed by atoms with Gasteiger partial charge in [0.2, 0.25) is 17.3 Å². The van der Waals surface area contributed by atoms with Crippen LogP contribution in [0.5, 0.6) is 17.2 Å². The van der Waals surface area contributed by atoms with E-state index in [2.05, 4.69) is 15.6 Å². The Hall–Kier alpha value is -4.59. The summed E-state index contributed by atoms with van der Waals surface area (Å²) in [5.74, 6) is -3.81. The van der Waals surface area contributed by atoms with E-state index in [0.29, 0.717) is 10.6 Å². The number of nitrogens with one attached hydrogen (secondary N) is 2. The van der Waals surface area contributed by atoms with E-state index in [1.165, 1.54) is 43.4 Å². The van der Waals surface area contributed by atoms with E-state index >= 15 is 0 Å². The molecule has 3 atom stereocenters. The van der Waals surface area contributed by atoms with Crippen LogP contribution in [0, 0.1) is 5.92 Å². The van der Waals surface area contributed by atoms with E-state index in [9.17, 15) is 24.3 Å². The van der Waals surface area contributed by atoms with Crippen LogP contribution in [-0.2, 0) is 9.59 Å². The lowest BCUT2D eigenvalue weighted by Gasteiger charge is -2.38. The number of hydrogen-bond acceptors (Lipinski definition) is 11. The molecule has 4 aromatic rings. The third kappa shape index (κ3) is 6.18. The highest BCUT2D eigenvalue weighted by atomic mass is 35.5. The molecule has 1 aliphatic carbocycles. The minimum atomic E-state index is -1.99. The van der Waals surface area contributed by atoms with E-state index in [-0.39, 0.29) is 65.2 Å². The molecule has 3 aromatic carbocycles. The third-order valence-corrected chi connectivity index (χ3v) is 11.1. The van der Waals surface area contributed by atoms with Gasteiger partial charge in [-0.25, -0.2) is 4.98 Å². The second kappa shape index (κ2) is 14.3. The lowest BCUT2D eigenvalue weighted by molar-refractivity contribution is -0.121. The van der Waals surface area contributed by atoms with Gasteiger partial charge in [-0.05, 0) is 36.1 Å². The Balaban J connectivity index is 1.28. The number of rotatable bonds is 11. The van der Waals surface area contributed by atoms with Gasteiger partial charge in [-0.3, -0.25) is 19.2 Å². The maximum atomic E-state index is 14.3. The molecule has 1 aliphatic heterocycles. The van der Waals surface area contributed by atoms with Crippen molar-refractivity contribution in [1.82, 2.24) is 15.6 Å². The van der Waals surface area contributed by atoms with Crippen molar-refractivity contribution in [1.29, 1.82) is 0 Å². The first-order chi connectivity index (χ1) is 24.0. The average molecular weight is 736 g/mol. The van der Waals surface area contributed by atoms with Crippen LogP contribution in [0.4, 0.5) is 0 Å². The minimum absolute atomic E-state index is 0.0192. The van der Waals surface area contributed by atoms with Crippen molar-refractivity contribution in [3.8, 4) is 17.2 Å². The van der Waals surface area contributed by atoms with Gasteiger partial charge in [0.15, 0.2) is 22.3 Å². The zero-order valence-electron chi connectivity index (χ0n) is 27.6. The second-order valence-electron chi connectivity index (χ2n) is 11.9. The van der Waals surface area contributed by atoms with Gasteiger partial charge in [0.05, 0.1) is 24.4 Å². The molecular formula is C36H34ClN3O8S2. The number of carbonyl (C=O) groups excluding carboxylic acids is 4. The molecule has 0 radical (unpaired) electrons. The smallest absolute Gasteiger partial charge is 0.280 e. The molecule has 1 aromatic heterocycles. The van der Waals surface area contributed by atoms with Crippen molar-refractivity contribution in [2.24, 2.45) is 5.92 Å². The topological polar surface area (TPSA) is 153 Å². The number of para-hydroxylation sites is 1.